The molecule has 0 radical (unpaired) electrons. The van der Waals surface area contributed by atoms with Gasteiger partial charge < -0.3 is 11.1 Å². The van der Waals surface area contributed by atoms with Crippen LogP contribution in [0.15, 0.2) is 23.2 Å². The van der Waals surface area contributed by atoms with Gasteiger partial charge in [0, 0.05) is 5.38 Å². The Morgan fingerprint density at radius 3 is 3.00 bits per heavy atom. The van der Waals surface area contributed by atoms with Crippen LogP contribution in [0.5, 0.6) is 0 Å². The normalized spacial score (nSPS) is 10.1. The first-order chi connectivity index (χ1) is 6.77. The zero-order valence-corrected chi connectivity index (χ0v) is 8.64. The third kappa shape index (κ3) is 1.78. The van der Waals surface area contributed by atoms with E-state index in [1.807, 2.05) is 16.8 Å². The number of nitrogens with one attached hydrogen (secondary N) is 1. The maximum Gasteiger partial charge on any atom is 0.154 e. The zero-order chi connectivity index (χ0) is 9.97. The quantitative estimate of drug-likeness (QED) is 0.826. The van der Waals surface area contributed by atoms with Crippen molar-refractivity contribution < 1.29 is 0 Å². The Morgan fingerprint density at radius 1 is 1.43 bits per heavy atom. The highest BCUT2D eigenvalue weighted by atomic mass is 35.5. The van der Waals surface area contributed by atoms with Crippen molar-refractivity contribution in [3.8, 4) is 0 Å². The molecule has 2 aromatic heterocycles. The van der Waals surface area contributed by atoms with Gasteiger partial charge in [-0.3, -0.25) is 0 Å². The summed E-state index contributed by atoms with van der Waals surface area (Å²) in [5.74, 6) is 0.803. The van der Waals surface area contributed by atoms with E-state index in [0.29, 0.717) is 10.8 Å². The van der Waals surface area contributed by atoms with Crippen LogP contribution in [0.25, 0.3) is 0 Å². The number of nitrogen functional groups attached to an aromatic ring is 1. The topological polar surface area (TPSA) is 63.8 Å². The van der Waals surface area contributed by atoms with Gasteiger partial charge in [0.15, 0.2) is 5.82 Å². The third-order valence-corrected chi connectivity index (χ3v) is 2.66. The van der Waals surface area contributed by atoms with Crippen molar-refractivity contribution in [3.63, 3.8) is 0 Å². The summed E-state index contributed by atoms with van der Waals surface area (Å²) in [4.78, 5) is 7.75. The molecule has 0 spiro atoms. The number of thiophene rings is 1. The highest BCUT2D eigenvalue weighted by Crippen LogP contribution is 2.26. The van der Waals surface area contributed by atoms with Crippen molar-refractivity contribution in [2.45, 2.75) is 0 Å². The summed E-state index contributed by atoms with van der Waals surface area (Å²) in [5.41, 5.74) is 6.47. The van der Waals surface area contributed by atoms with E-state index in [-0.39, 0.29) is 5.82 Å². The molecule has 3 N–H and O–H groups in total. The Morgan fingerprint density at radius 2 is 2.29 bits per heavy atom. The fourth-order valence-corrected chi connectivity index (χ4v) is 1.68. The molecular weight excluding hydrogens is 220 g/mol. The molecule has 0 saturated carbocycles. The number of anilines is 3. The number of hydrogen-bond acceptors (Lipinski definition) is 5. The summed E-state index contributed by atoms with van der Waals surface area (Å²) in [5, 5.41) is 7.30. The van der Waals surface area contributed by atoms with Crippen LogP contribution in [0.3, 0.4) is 0 Å². The standard InChI is InChI=1S/C8H7ClN4S/c9-6-7(10)11-4-12-8(6)13-5-1-2-14-3-5/h1-4H,(H3,10,11,12,13). The van der Waals surface area contributed by atoms with Crippen LogP contribution in [-0.2, 0) is 0 Å². The number of halogens is 1. The van der Waals surface area contributed by atoms with Gasteiger partial charge in [0.1, 0.15) is 17.2 Å². The Bertz CT molecular complexity index is 429. The van der Waals surface area contributed by atoms with Gasteiger partial charge in [-0.15, -0.1) is 0 Å². The first-order valence-electron chi connectivity index (χ1n) is 3.82. The highest BCUT2D eigenvalue weighted by molar-refractivity contribution is 7.08. The largest absolute Gasteiger partial charge is 0.382 e. The van der Waals surface area contributed by atoms with Gasteiger partial charge in [0.05, 0.1) is 5.69 Å². The van der Waals surface area contributed by atoms with Crippen LogP contribution in [0, 0.1) is 0 Å². The monoisotopic (exact) mass is 226 g/mol. The van der Waals surface area contributed by atoms with E-state index in [4.69, 9.17) is 17.3 Å². The second kappa shape index (κ2) is 3.81. The molecule has 0 bridgehead atoms. The summed E-state index contributed by atoms with van der Waals surface area (Å²) >= 11 is 7.49. The van der Waals surface area contributed by atoms with Crippen molar-refractivity contribution in [2.75, 3.05) is 11.1 Å². The lowest BCUT2D eigenvalue weighted by molar-refractivity contribution is 1.18. The van der Waals surface area contributed by atoms with E-state index < -0.39 is 0 Å². The van der Waals surface area contributed by atoms with Crippen molar-refractivity contribution in [2.24, 2.45) is 0 Å². The van der Waals surface area contributed by atoms with E-state index >= 15 is 0 Å². The average molecular weight is 227 g/mol. The van der Waals surface area contributed by atoms with E-state index in [0.717, 1.165) is 5.69 Å². The molecule has 6 heteroatoms. The first-order valence-corrected chi connectivity index (χ1v) is 5.14. The Hall–Kier alpha value is -1.33. The number of nitrogens with zero attached hydrogens (tertiary/aromatic N) is 2. The molecule has 0 aromatic carbocycles. The van der Waals surface area contributed by atoms with Gasteiger partial charge in [-0.05, 0) is 11.4 Å². The summed E-state index contributed by atoms with van der Waals surface area (Å²) in [6.45, 7) is 0. The number of aromatic nitrogens is 2. The summed E-state index contributed by atoms with van der Waals surface area (Å²) < 4.78 is 0. The number of hydrogen-bond donors (Lipinski definition) is 2. The lowest BCUT2D eigenvalue weighted by Crippen LogP contribution is -1.98. The molecule has 14 heavy (non-hydrogen) atoms. The highest BCUT2D eigenvalue weighted by Gasteiger charge is 2.06. The second-order valence-corrected chi connectivity index (χ2v) is 3.72. The Balaban J connectivity index is 2.29. The Labute approximate surface area is 89.8 Å². The smallest absolute Gasteiger partial charge is 0.154 e. The van der Waals surface area contributed by atoms with Crippen molar-refractivity contribution in [1.82, 2.24) is 9.97 Å². The molecule has 4 nitrogen and oxygen atoms in total. The minimum absolute atomic E-state index is 0.277. The maximum atomic E-state index is 5.90. The third-order valence-electron chi connectivity index (χ3n) is 1.60. The van der Waals surface area contributed by atoms with E-state index in [1.165, 1.54) is 6.33 Å². The van der Waals surface area contributed by atoms with Crippen LogP contribution >= 0.6 is 22.9 Å². The van der Waals surface area contributed by atoms with Crippen molar-refractivity contribution in [3.05, 3.63) is 28.2 Å². The second-order valence-electron chi connectivity index (χ2n) is 2.56. The van der Waals surface area contributed by atoms with E-state index in [9.17, 15) is 0 Å². The van der Waals surface area contributed by atoms with E-state index in [2.05, 4.69) is 15.3 Å². The van der Waals surface area contributed by atoms with Crippen LogP contribution in [0.2, 0.25) is 5.02 Å². The number of rotatable bonds is 2. The van der Waals surface area contributed by atoms with Crippen LogP contribution in [0.4, 0.5) is 17.3 Å². The molecule has 2 rings (SSSR count). The zero-order valence-electron chi connectivity index (χ0n) is 7.07. The summed E-state index contributed by atoms with van der Waals surface area (Å²) in [6.07, 6.45) is 1.37. The predicted octanol–water partition coefficient (Wildman–Crippen LogP) is 2.52. The molecule has 0 amide bonds. The van der Waals surface area contributed by atoms with Gasteiger partial charge in [-0.2, -0.15) is 11.3 Å². The molecule has 0 aliphatic rings. The molecule has 72 valence electrons. The molecule has 2 heterocycles. The minimum atomic E-state index is 0.277. The molecule has 0 fully saturated rings. The lowest BCUT2D eigenvalue weighted by atomic mass is 10.4. The summed E-state index contributed by atoms with van der Waals surface area (Å²) in [7, 11) is 0. The SMILES string of the molecule is Nc1ncnc(Nc2ccsc2)c1Cl. The van der Waals surface area contributed by atoms with Gasteiger partial charge in [0.2, 0.25) is 0 Å². The molecule has 0 unspecified atom stereocenters. The summed E-state index contributed by atoms with van der Waals surface area (Å²) in [6, 6.07) is 1.93. The van der Waals surface area contributed by atoms with Crippen LogP contribution < -0.4 is 11.1 Å². The first kappa shape index (κ1) is 9.23. The average Bonchev–Trinajstić information content (AvgIpc) is 2.66. The fraction of sp³-hybridized carbons (Fsp3) is 0. The maximum absolute atomic E-state index is 5.90. The van der Waals surface area contributed by atoms with Crippen LogP contribution in [0.1, 0.15) is 0 Å². The van der Waals surface area contributed by atoms with Crippen molar-refractivity contribution in [1.29, 1.82) is 0 Å². The predicted molar refractivity (Wildman–Crippen MR) is 59.1 cm³/mol. The Kier molecular flexibility index (Phi) is 2.51. The van der Waals surface area contributed by atoms with Gasteiger partial charge in [-0.25, -0.2) is 9.97 Å². The molecular formula is C8H7ClN4S. The minimum Gasteiger partial charge on any atom is -0.382 e. The molecule has 0 aliphatic carbocycles. The van der Waals surface area contributed by atoms with Crippen molar-refractivity contribution >= 4 is 40.3 Å². The molecule has 0 saturated heterocycles. The lowest BCUT2D eigenvalue weighted by Gasteiger charge is -2.05. The molecule has 0 aliphatic heterocycles. The van der Waals surface area contributed by atoms with E-state index in [1.54, 1.807) is 11.3 Å². The van der Waals surface area contributed by atoms with Gasteiger partial charge in [0.25, 0.3) is 0 Å². The van der Waals surface area contributed by atoms with Gasteiger partial charge in [-0.1, -0.05) is 11.6 Å². The molecule has 0 atom stereocenters. The van der Waals surface area contributed by atoms with Crippen LogP contribution in [-0.4, -0.2) is 9.97 Å². The molecule has 2 aromatic rings. The van der Waals surface area contributed by atoms with Gasteiger partial charge >= 0.3 is 0 Å². The number of nitrogens with two attached hydrogens (primary N) is 1. The fourth-order valence-electron chi connectivity index (χ4n) is 0.943.